The van der Waals surface area contributed by atoms with Gasteiger partial charge in [0.1, 0.15) is 0 Å². The van der Waals surface area contributed by atoms with E-state index in [0.717, 1.165) is 25.4 Å². The van der Waals surface area contributed by atoms with E-state index in [9.17, 15) is 4.79 Å². The number of carbonyl (C=O) groups is 1. The van der Waals surface area contributed by atoms with E-state index in [2.05, 4.69) is 40.0 Å². The molecule has 0 aliphatic carbocycles. The molecule has 0 saturated carbocycles. The van der Waals surface area contributed by atoms with Crippen LogP contribution in [0.3, 0.4) is 0 Å². The summed E-state index contributed by atoms with van der Waals surface area (Å²) in [6.07, 6.45) is 3.92. The Hall–Kier alpha value is -1.55. The van der Waals surface area contributed by atoms with Crippen molar-refractivity contribution in [1.82, 2.24) is 4.90 Å². The fourth-order valence-corrected chi connectivity index (χ4v) is 2.88. The standard InChI is InChI=1S/C17H25NO3/c1-14(21-17(19)20-2)18-12-10-16(11-13-18)9-8-15-6-4-3-5-7-15/h3-7,14,16H,8-13H2,1-2H3/t14-/m0/s1. The smallest absolute Gasteiger partial charge is 0.438 e. The second-order valence-corrected chi connectivity index (χ2v) is 5.67. The molecule has 1 saturated heterocycles. The molecule has 4 nitrogen and oxygen atoms in total. The molecule has 1 aromatic carbocycles. The summed E-state index contributed by atoms with van der Waals surface area (Å²) in [7, 11) is 1.34. The van der Waals surface area contributed by atoms with Crippen molar-refractivity contribution in [2.45, 2.75) is 38.8 Å². The number of methoxy groups -OCH3 is 1. The molecule has 0 unspecified atom stereocenters. The molecule has 0 aromatic heterocycles. The van der Waals surface area contributed by atoms with E-state index in [1.54, 1.807) is 0 Å². The van der Waals surface area contributed by atoms with E-state index in [-0.39, 0.29) is 6.23 Å². The highest BCUT2D eigenvalue weighted by atomic mass is 16.7. The van der Waals surface area contributed by atoms with Crippen LogP contribution in [0.2, 0.25) is 0 Å². The molecule has 21 heavy (non-hydrogen) atoms. The number of hydrogen-bond donors (Lipinski definition) is 0. The molecule has 0 radical (unpaired) electrons. The number of piperidine rings is 1. The Morgan fingerprint density at radius 1 is 1.29 bits per heavy atom. The predicted molar refractivity (Wildman–Crippen MR) is 82.0 cm³/mol. The van der Waals surface area contributed by atoms with Gasteiger partial charge in [0.2, 0.25) is 0 Å². The van der Waals surface area contributed by atoms with Crippen LogP contribution < -0.4 is 0 Å². The first-order valence-electron chi connectivity index (χ1n) is 7.71. The van der Waals surface area contributed by atoms with Crippen molar-refractivity contribution in [3.8, 4) is 0 Å². The second-order valence-electron chi connectivity index (χ2n) is 5.67. The molecular formula is C17H25NO3. The first-order chi connectivity index (χ1) is 10.2. The summed E-state index contributed by atoms with van der Waals surface area (Å²) in [6.45, 7) is 3.87. The van der Waals surface area contributed by atoms with E-state index < -0.39 is 6.16 Å². The van der Waals surface area contributed by atoms with Gasteiger partial charge in [-0.1, -0.05) is 30.3 Å². The fourth-order valence-electron chi connectivity index (χ4n) is 2.88. The molecule has 0 amide bonds. The Morgan fingerprint density at radius 3 is 2.57 bits per heavy atom. The van der Waals surface area contributed by atoms with Crippen LogP contribution in [0, 0.1) is 5.92 Å². The minimum Gasteiger partial charge on any atom is -0.438 e. The number of carbonyl (C=O) groups excluding carboxylic acids is 1. The van der Waals surface area contributed by atoms with Crippen molar-refractivity contribution in [2.75, 3.05) is 20.2 Å². The lowest BCUT2D eigenvalue weighted by Crippen LogP contribution is -2.42. The van der Waals surface area contributed by atoms with Crippen LogP contribution in [0.15, 0.2) is 30.3 Å². The average molecular weight is 291 g/mol. The lowest BCUT2D eigenvalue weighted by atomic mass is 9.90. The maximum Gasteiger partial charge on any atom is 0.509 e. The normalized spacial score (nSPS) is 18.2. The van der Waals surface area contributed by atoms with Crippen LogP contribution in [0.4, 0.5) is 4.79 Å². The van der Waals surface area contributed by atoms with Crippen molar-refractivity contribution in [1.29, 1.82) is 0 Å². The summed E-state index contributed by atoms with van der Waals surface area (Å²) in [5.41, 5.74) is 1.42. The monoisotopic (exact) mass is 291 g/mol. The maximum absolute atomic E-state index is 11.1. The van der Waals surface area contributed by atoms with Crippen LogP contribution in [0.5, 0.6) is 0 Å². The van der Waals surface area contributed by atoms with Gasteiger partial charge >= 0.3 is 6.16 Å². The molecule has 1 aliphatic rings. The lowest BCUT2D eigenvalue weighted by molar-refractivity contribution is -0.0441. The van der Waals surface area contributed by atoms with Crippen molar-refractivity contribution in [2.24, 2.45) is 5.92 Å². The zero-order valence-corrected chi connectivity index (χ0v) is 13.0. The number of likely N-dealkylation sites (tertiary alicyclic amines) is 1. The molecule has 2 rings (SSSR count). The molecule has 1 aromatic rings. The minimum atomic E-state index is -0.603. The molecule has 116 valence electrons. The van der Waals surface area contributed by atoms with Gasteiger partial charge in [-0.2, -0.15) is 0 Å². The lowest BCUT2D eigenvalue weighted by Gasteiger charge is -2.35. The molecule has 0 spiro atoms. The number of aryl methyl sites for hydroxylation is 1. The van der Waals surface area contributed by atoms with Crippen LogP contribution in [-0.4, -0.2) is 37.5 Å². The highest BCUT2D eigenvalue weighted by molar-refractivity contribution is 5.59. The Morgan fingerprint density at radius 2 is 1.95 bits per heavy atom. The van der Waals surface area contributed by atoms with Crippen molar-refractivity contribution in [3.63, 3.8) is 0 Å². The summed E-state index contributed by atoms with van der Waals surface area (Å²) in [4.78, 5) is 13.3. The quantitative estimate of drug-likeness (QED) is 0.779. The fraction of sp³-hybridized carbons (Fsp3) is 0.588. The molecule has 1 atom stereocenters. The average Bonchev–Trinajstić information content (AvgIpc) is 2.54. The van der Waals surface area contributed by atoms with Gasteiger partial charge in [-0.25, -0.2) is 4.79 Å². The molecular weight excluding hydrogens is 266 g/mol. The Bertz CT molecular complexity index is 427. The summed E-state index contributed by atoms with van der Waals surface area (Å²) in [6, 6.07) is 10.7. The molecule has 1 heterocycles. The Kier molecular flexibility index (Phi) is 6.05. The van der Waals surface area contributed by atoms with Gasteiger partial charge in [0.05, 0.1) is 7.11 Å². The first kappa shape index (κ1) is 15.8. The summed E-state index contributed by atoms with van der Waals surface area (Å²) in [5.74, 6) is 0.770. The van der Waals surface area contributed by atoms with E-state index >= 15 is 0 Å². The number of hydrogen-bond acceptors (Lipinski definition) is 4. The van der Waals surface area contributed by atoms with Crippen molar-refractivity contribution in [3.05, 3.63) is 35.9 Å². The third kappa shape index (κ3) is 5.05. The van der Waals surface area contributed by atoms with Crippen LogP contribution in [0.25, 0.3) is 0 Å². The molecule has 4 heteroatoms. The van der Waals surface area contributed by atoms with Crippen molar-refractivity contribution < 1.29 is 14.3 Å². The van der Waals surface area contributed by atoms with E-state index in [4.69, 9.17) is 4.74 Å². The van der Waals surface area contributed by atoms with Gasteiger partial charge in [-0.05, 0) is 44.1 Å². The van der Waals surface area contributed by atoms with E-state index in [1.165, 1.54) is 31.9 Å². The number of benzene rings is 1. The second kappa shape index (κ2) is 8.03. The SMILES string of the molecule is COC(=O)O[C@@H](C)N1CCC(CCc2ccccc2)CC1. The van der Waals surface area contributed by atoms with Crippen molar-refractivity contribution >= 4 is 6.16 Å². The highest BCUT2D eigenvalue weighted by Crippen LogP contribution is 2.23. The Labute approximate surface area is 127 Å². The van der Waals surface area contributed by atoms with E-state index in [0.29, 0.717) is 0 Å². The van der Waals surface area contributed by atoms with Crippen LogP contribution in [0.1, 0.15) is 31.7 Å². The summed E-state index contributed by atoms with van der Waals surface area (Å²) in [5, 5.41) is 0. The topological polar surface area (TPSA) is 38.8 Å². The predicted octanol–water partition coefficient (Wildman–Crippen LogP) is 3.46. The van der Waals surface area contributed by atoms with Gasteiger partial charge in [0.15, 0.2) is 6.23 Å². The highest BCUT2D eigenvalue weighted by Gasteiger charge is 2.24. The molecule has 0 bridgehead atoms. The number of rotatable bonds is 5. The third-order valence-corrected chi connectivity index (χ3v) is 4.28. The first-order valence-corrected chi connectivity index (χ1v) is 7.71. The van der Waals surface area contributed by atoms with Gasteiger partial charge in [0.25, 0.3) is 0 Å². The van der Waals surface area contributed by atoms with Crippen LogP contribution in [-0.2, 0) is 15.9 Å². The van der Waals surface area contributed by atoms with Gasteiger partial charge in [-0.3, -0.25) is 4.90 Å². The van der Waals surface area contributed by atoms with Gasteiger partial charge < -0.3 is 9.47 Å². The van der Waals surface area contributed by atoms with Gasteiger partial charge in [-0.15, -0.1) is 0 Å². The van der Waals surface area contributed by atoms with Crippen LogP contribution >= 0.6 is 0 Å². The Balaban J connectivity index is 1.69. The number of ether oxygens (including phenoxy) is 2. The van der Waals surface area contributed by atoms with Gasteiger partial charge in [0, 0.05) is 13.1 Å². The third-order valence-electron chi connectivity index (χ3n) is 4.28. The zero-order valence-electron chi connectivity index (χ0n) is 13.0. The van der Waals surface area contributed by atoms with E-state index in [1.807, 2.05) is 6.92 Å². The minimum absolute atomic E-state index is 0.201. The largest absolute Gasteiger partial charge is 0.509 e. The molecule has 0 N–H and O–H groups in total. The summed E-state index contributed by atoms with van der Waals surface area (Å²) < 4.78 is 9.70. The molecule has 1 aliphatic heterocycles. The summed E-state index contributed by atoms with van der Waals surface area (Å²) >= 11 is 0. The number of nitrogens with zero attached hydrogens (tertiary/aromatic N) is 1. The zero-order chi connectivity index (χ0) is 15.1. The maximum atomic E-state index is 11.1. The molecule has 1 fully saturated rings.